The third kappa shape index (κ3) is 9.49. The Labute approximate surface area is 97.2 Å². The van der Waals surface area contributed by atoms with Crippen LogP contribution in [0.4, 0.5) is 0 Å². The van der Waals surface area contributed by atoms with Crippen molar-refractivity contribution < 1.29 is 14.7 Å². The van der Waals surface area contributed by atoms with Crippen molar-refractivity contribution in [3.8, 4) is 0 Å². The van der Waals surface area contributed by atoms with E-state index >= 15 is 0 Å². The summed E-state index contributed by atoms with van der Waals surface area (Å²) in [7, 11) is 0. The molecule has 0 aliphatic carbocycles. The Kier molecular flexibility index (Phi) is 8.58. The molecule has 4 heteroatoms. The molecule has 4 nitrogen and oxygen atoms in total. The van der Waals surface area contributed by atoms with E-state index in [2.05, 4.69) is 6.92 Å². The van der Waals surface area contributed by atoms with Gasteiger partial charge in [-0.3, -0.25) is 9.59 Å². The van der Waals surface area contributed by atoms with Crippen molar-refractivity contribution in [1.29, 1.82) is 0 Å². The minimum atomic E-state index is -0.712. The summed E-state index contributed by atoms with van der Waals surface area (Å²) < 4.78 is 0. The molecule has 0 aliphatic heterocycles. The van der Waals surface area contributed by atoms with Gasteiger partial charge in [-0.05, 0) is 18.8 Å². The Morgan fingerprint density at radius 2 is 1.88 bits per heavy atom. The molecule has 1 unspecified atom stereocenters. The van der Waals surface area contributed by atoms with Gasteiger partial charge in [0.05, 0.1) is 0 Å². The third-order valence-electron chi connectivity index (χ3n) is 2.70. The van der Waals surface area contributed by atoms with Crippen LogP contribution in [0, 0.1) is 5.92 Å². The summed E-state index contributed by atoms with van der Waals surface area (Å²) >= 11 is 0. The summed E-state index contributed by atoms with van der Waals surface area (Å²) in [5, 5.41) is 8.72. The molecule has 0 radical (unpaired) electrons. The lowest BCUT2D eigenvalue weighted by atomic mass is 9.93. The summed E-state index contributed by atoms with van der Waals surface area (Å²) in [6.07, 6.45) is 6.43. The second-order valence-electron chi connectivity index (χ2n) is 4.32. The van der Waals surface area contributed by atoms with Crippen molar-refractivity contribution in [2.75, 3.05) is 0 Å². The molecule has 0 aromatic rings. The number of amides is 1. The van der Waals surface area contributed by atoms with Gasteiger partial charge in [0.25, 0.3) is 0 Å². The standard InChI is InChI=1S/C12H23NO3/c1-2-6-10(9-12(15)16)7-4-3-5-8-11(13)14/h10H,2-9H2,1H3,(H2,13,14)(H,15,16). The van der Waals surface area contributed by atoms with E-state index in [0.717, 1.165) is 38.5 Å². The highest BCUT2D eigenvalue weighted by molar-refractivity contribution is 5.73. The number of unbranched alkanes of at least 4 members (excludes halogenated alkanes) is 2. The van der Waals surface area contributed by atoms with E-state index in [1.54, 1.807) is 0 Å². The van der Waals surface area contributed by atoms with Crippen molar-refractivity contribution in [3.05, 3.63) is 0 Å². The molecule has 0 aromatic heterocycles. The predicted octanol–water partition coefficient (Wildman–Crippen LogP) is 2.31. The molecule has 0 saturated carbocycles. The number of hydrogen-bond acceptors (Lipinski definition) is 2. The van der Waals surface area contributed by atoms with Crippen LogP contribution in [0.15, 0.2) is 0 Å². The summed E-state index contributed by atoms with van der Waals surface area (Å²) in [5.74, 6) is -0.678. The molecular formula is C12H23NO3. The van der Waals surface area contributed by atoms with Gasteiger partial charge in [-0.1, -0.05) is 32.6 Å². The zero-order valence-corrected chi connectivity index (χ0v) is 10.1. The smallest absolute Gasteiger partial charge is 0.303 e. The van der Waals surface area contributed by atoms with Crippen molar-refractivity contribution in [2.45, 2.75) is 58.3 Å². The molecule has 0 saturated heterocycles. The largest absolute Gasteiger partial charge is 0.481 e. The van der Waals surface area contributed by atoms with Crippen molar-refractivity contribution in [3.63, 3.8) is 0 Å². The minimum Gasteiger partial charge on any atom is -0.481 e. The number of carbonyl (C=O) groups is 2. The second-order valence-corrected chi connectivity index (χ2v) is 4.32. The quantitative estimate of drug-likeness (QED) is 0.564. The Morgan fingerprint density at radius 1 is 1.19 bits per heavy atom. The molecular weight excluding hydrogens is 206 g/mol. The van der Waals surface area contributed by atoms with E-state index < -0.39 is 5.97 Å². The van der Waals surface area contributed by atoms with Gasteiger partial charge in [-0.15, -0.1) is 0 Å². The third-order valence-corrected chi connectivity index (χ3v) is 2.70. The Bertz CT molecular complexity index is 216. The Balaban J connectivity index is 3.59. The lowest BCUT2D eigenvalue weighted by molar-refractivity contribution is -0.138. The Morgan fingerprint density at radius 3 is 2.38 bits per heavy atom. The average Bonchev–Trinajstić information content (AvgIpc) is 2.16. The number of primary amides is 1. The average molecular weight is 229 g/mol. The molecule has 1 atom stereocenters. The highest BCUT2D eigenvalue weighted by atomic mass is 16.4. The van der Waals surface area contributed by atoms with Crippen LogP contribution in [0.1, 0.15) is 58.3 Å². The van der Waals surface area contributed by atoms with E-state index in [9.17, 15) is 9.59 Å². The molecule has 94 valence electrons. The first-order chi connectivity index (χ1) is 7.56. The van der Waals surface area contributed by atoms with E-state index in [1.807, 2.05) is 0 Å². The van der Waals surface area contributed by atoms with E-state index in [4.69, 9.17) is 10.8 Å². The maximum Gasteiger partial charge on any atom is 0.303 e. The molecule has 0 aliphatic rings. The normalized spacial score (nSPS) is 12.3. The maximum atomic E-state index is 10.6. The summed E-state index contributed by atoms with van der Waals surface area (Å²) in [6, 6.07) is 0. The molecule has 16 heavy (non-hydrogen) atoms. The van der Waals surface area contributed by atoms with Gasteiger partial charge in [0.2, 0.25) is 5.91 Å². The molecule has 1 amide bonds. The molecule has 0 heterocycles. The van der Waals surface area contributed by atoms with Crippen LogP contribution in [0.25, 0.3) is 0 Å². The summed E-state index contributed by atoms with van der Waals surface area (Å²) in [5.41, 5.74) is 5.03. The monoisotopic (exact) mass is 229 g/mol. The fourth-order valence-electron chi connectivity index (χ4n) is 1.91. The zero-order valence-electron chi connectivity index (χ0n) is 10.1. The number of carboxylic acid groups (broad SMARTS) is 1. The number of rotatable bonds is 10. The molecule has 3 N–H and O–H groups in total. The first-order valence-electron chi connectivity index (χ1n) is 6.06. The van der Waals surface area contributed by atoms with Crippen molar-refractivity contribution in [1.82, 2.24) is 0 Å². The van der Waals surface area contributed by atoms with Crippen LogP contribution in [-0.4, -0.2) is 17.0 Å². The van der Waals surface area contributed by atoms with Crippen LogP contribution in [0.2, 0.25) is 0 Å². The fraction of sp³-hybridized carbons (Fsp3) is 0.833. The van der Waals surface area contributed by atoms with Gasteiger partial charge in [-0.25, -0.2) is 0 Å². The van der Waals surface area contributed by atoms with E-state index in [-0.39, 0.29) is 18.2 Å². The van der Waals surface area contributed by atoms with Gasteiger partial charge >= 0.3 is 5.97 Å². The van der Waals surface area contributed by atoms with Crippen LogP contribution in [0.5, 0.6) is 0 Å². The van der Waals surface area contributed by atoms with Crippen LogP contribution in [-0.2, 0) is 9.59 Å². The zero-order chi connectivity index (χ0) is 12.4. The summed E-state index contributed by atoms with van der Waals surface area (Å²) in [6.45, 7) is 2.07. The van der Waals surface area contributed by atoms with E-state index in [1.165, 1.54) is 0 Å². The summed E-state index contributed by atoms with van der Waals surface area (Å²) in [4.78, 5) is 21.1. The topological polar surface area (TPSA) is 80.4 Å². The fourth-order valence-corrected chi connectivity index (χ4v) is 1.91. The van der Waals surface area contributed by atoms with Gasteiger partial charge < -0.3 is 10.8 Å². The van der Waals surface area contributed by atoms with Crippen LogP contribution < -0.4 is 5.73 Å². The molecule has 0 fully saturated rings. The number of hydrogen-bond donors (Lipinski definition) is 2. The van der Waals surface area contributed by atoms with Gasteiger partial charge in [0, 0.05) is 12.8 Å². The minimum absolute atomic E-state index is 0.254. The Hall–Kier alpha value is -1.06. The van der Waals surface area contributed by atoms with Gasteiger partial charge in [0.15, 0.2) is 0 Å². The van der Waals surface area contributed by atoms with Crippen LogP contribution in [0.3, 0.4) is 0 Å². The van der Waals surface area contributed by atoms with E-state index in [0.29, 0.717) is 6.42 Å². The molecule has 0 aromatic carbocycles. The first-order valence-corrected chi connectivity index (χ1v) is 6.06. The number of nitrogens with two attached hydrogens (primary N) is 1. The number of carbonyl (C=O) groups excluding carboxylic acids is 1. The second kappa shape index (κ2) is 9.19. The SMILES string of the molecule is CCCC(CCCCCC(N)=O)CC(=O)O. The predicted molar refractivity (Wildman–Crippen MR) is 62.9 cm³/mol. The first kappa shape index (κ1) is 14.9. The molecule has 0 rings (SSSR count). The number of carboxylic acids is 1. The molecule has 0 bridgehead atoms. The lowest BCUT2D eigenvalue weighted by Crippen LogP contribution is -2.10. The number of aliphatic carboxylic acids is 1. The van der Waals surface area contributed by atoms with Gasteiger partial charge in [-0.2, -0.15) is 0 Å². The van der Waals surface area contributed by atoms with Crippen LogP contribution >= 0.6 is 0 Å². The van der Waals surface area contributed by atoms with Gasteiger partial charge in [0.1, 0.15) is 0 Å². The molecule has 0 spiro atoms. The maximum absolute atomic E-state index is 10.6. The highest BCUT2D eigenvalue weighted by Gasteiger charge is 2.11. The highest BCUT2D eigenvalue weighted by Crippen LogP contribution is 2.19. The lowest BCUT2D eigenvalue weighted by Gasteiger charge is -2.13. The van der Waals surface area contributed by atoms with Crippen molar-refractivity contribution in [2.24, 2.45) is 11.7 Å². The van der Waals surface area contributed by atoms with Crippen molar-refractivity contribution >= 4 is 11.9 Å².